The first-order chi connectivity index (χ1) is 10.6. The molecule has 0 aliphatic heterocycles. The summed E-state index contributed by atoms with van der Waals surface area (Å²) in [6.45, 7) is -0.0736. The number of halogens is 1. The van der Waals surface area contributed by atoms with Crippen molar-refractivity contribution in [3.8, 4) is 17.2 Å². The molecule has 0 atom stereocenters. The quantitative estimate of drug-likeness (QED) is 0.739. The molecule has 1 N–H and O–H groups in total. The molecule has 0 saturated carbocycles. The van der Waals surface area contributed by atoms with E-state index in [0.717, 1.165) is 3.57 Å². The zero-order chi connectivity index (χ0) is 15.9. The second-order valence-corrected chi connectivity index (χ2v) is 5.60. The fourth-order valence-corrected chi connectivity index (χ4v) is 2.13. The van der Waals surface area contributed by atoms with E-state index in [-0.39, 0.29) is 12.5 Å². The van der Waals surface area contributed by atoms with Crippen LogP contribution in [0, 0.1) is 3.57 Å². The lowest BCUT2D eigenvalue weighted by Crippen LogP contribution is -2.20. The second-order valence-electron chi connectivity index (χ2n) is 4.36. The Morgan fingerprint density at radius 1 is 1.05 bits per heavy atom. The average molecular weight is 413 g/mol. The third kappa shape index (κ3) is 4.52. The predicted molar refractivity (Wildman–Crippen MR) is 92.8 cm³/mol. The molecule has 22 heavy (non-hydrogen) atoms. The van der Waals surface area contributed by atoms with Gasteiger partial charge >= 0.3 is 0 Å². The van der Waals surface area contributed by atoms with E-state index in [2.05, 4.69) is 27.9 Å². The van der Waals surface area contributed by atoms with Gasteiger partial charge < -0.3 is 19.5 Å². The highest BCUT2D eigenvalue weighted by atomic mass is 127. The second kappa shape index (κ2) is 7.88. The molecule has 5 nitrogen and oxygen atoms in total. The first kappa shape index (κ1) is 16.4. The van der Waals surface area contributed by atoms with Gasteiger partial charge in [0.05, 0.1) is 19.9 Å². The van der Waals surface area contributed by atoms with Crippen LogP contribution in [0.15, 0.2) is 42.5 Å². The van der Waals surface area contributed by atoms with Crippen molar-refractivity contribution >= 4 is 34.2 Å². The number of benzene rings is 2. The molecule has 0 bridgehead atoms. The minimum Gasteiger partial charge on any atom is -0.497 e. The van der Waals surface area contributed by atoms with Crippen molar-refractivity contribution in [2.75, 3.05) is 26.1 Å². The van der Waals surface area contributed by atoms with E-state index in [1.807, 2.05) is 24.3 Å². The molecule has 2 aromatic rings. The van der Waals surface area contributed by atoms with Gasteiger partial charge in [-0.3, -0.25) is 4.79 Å². The number of anilines is 1. The summed E-state index contributed by atoms with van der Waals surface area (Å²) < 4.78 is 16.9. The zero-order valence-electron chi connectivity index (χ0n) is 12.3. The molecule has 0 spiro atoms. The monoisotopic (exact) mass is 413 g/mol. The molecule has 2 rings (SSSR count). The molecule has 2 aromatic carbocycles. The van der Waals surface area contributed by atoms with Crippen LogP contribution in [0.3, 0.4) is 0 Å². The van der Waals surface area contributed by atoms with Crippen LogP contribution in [-0.2, 0) is 4.79 Å². The van der Waals surface area contributed by atoms with E-state index in [1.165, 1.54) is 7.11 Å². The van der Waals surface area contributed by atoms with Crippen LogP contribution in [-0.4, -0.2) is 26.7 Å². The minimum absolute atomic E-state index is 0.0736. The summed E-state index contributed by atoms with van der Waals surface area (Å²) >= 11 is 2.21. The normalized spacial score (nSPS) is 9.95. The molecule has 0 heterocycles. The van der Waals surface area contributed by atoms with Crippen molar-refractivity contribution in [3.05, 3.63) is 46.0 Å². The summed E-state index contributed by atoms with van der Waals surface area (Å²) in [6.07, 6.45) is 0. The Morgan fingerprint density at radius 2 is 1.73 bits per heavy atom. The number of carbonyl (C=O) groups is 1. The number of hydrogen-bond donors (Lipinski definition) is 1. The van der Waals surface area contributed by atoms with Crippen molar-refractivity contribution in [2.45, 2.75) is 0 Å². The van der Waals surface area contributed by atoms with Crippen LogP contribution in [0.25, 0.3) is 0 Å². The largest absolute Gasteiger partial charge is 0.497 e. The van der Waals surface area contributed by atoms with Gasteiger partial charge in [0.15, 0.2) is 6.61 Å². The number of rotatable bonds is 6. The summed E-state index contributed by atoms with van der Waals surface area (Å²) in [5.41, 5.74) is 0.569. The van der Waals surface area contributed by atoms with Crippen LogP contribution in [0.4, 0.5) is 5.69 Å². The lowest BCUT2D eigenvalue weighted by Gasteiger charge is -2.12. The summed E-state index contributed by atoms with van der Waals surface area (Å²) in [7, 11) is 3.11. The molecule has 116 valence electrons. The Labute approximate surface area is 142 Å². The fraction of sp³-hybridized carbons (Fsp3) is 0.188. The van der Waals surface area contributed by atoms with Gasteiger partial charge in [0.25, 0.3) is 5.91 Å². The number of ether oxygens (including phenoxy) is 3. The average Bonchev–Trinajstić information content (AvgIpc) is 2.54. The van der Waals surface area contributed by atoms with Gasteiger partial charge in [-0.05, 0) is 59.0 Å². The van der Waals surface area contributed by atoms with E-state index in [4.69, 9.17) is 14.2 Å². The Balaban J connectivity index is 1.95. The minimum atomic E-state index is -0.262. The number of amides is 1. The van der Waals surface area contributed by atoms with E-state index in [0.29, 0.717) is 22.9 Å². The predicted octanol–water partition coefficient (Wildman–Crippen LogP) is 3.33. The maximum atomic E-state index is 12.0. The standard InChI is InChI=1S/C16H16INO4/c1-20-13-7-8-14(15(9-13)21-2)18-16(19)10-22-12-5-3-11(17)4-6-12/h3-9H,10H2,1-2H3,(H,18,19). The Kier molecular flexibility index (Phi) is 5.88. The fourth-order valence-electron chi connectivity index (χ4n) is 1.77. The molecular weight excluding hydrogens is 397 g/mol. The first-order valence-electron chi connectivity index (χ1n) is 6.52. The van der Waals surface area contributed by atoms with E-state index >= 15 is 0 Å². The third-order valence-electron chi connectivity index (χ3n) is 2.87. The Bertz CT molecular complexity index is 643. The first-order valence-corrected chi connectivity index (χ1v) is 7.60. The maximum absolute atomic E-state index is 12.0. The summed E-state index contributed by atoms with van der Waals surface area (Å²) in [5.74, 6) is 1.58. The van der Waals surface area contributed by atoms with Gasteiger partial charge in [-0.25, -0.2) is 0 Å². The molecule has 0 unspecified atom stereocenters. The molecule has 0 aliphatic carbocycles. The lowest BCUT2D eigenvalue weighted by molar-refractivity contribution is -0.118. The Hall–Kier alpha value is -1.96. The highest BCUT2D eigenvalue weighted by Crippen LogP contribution is 2.28. The Morgan fingerprint density at radius 3 is 2.36 bits per heavy atom. The number of nitrogens with one attached hydrogen (secondary N) is 1. The summed E-state index contributed by atoms with van der Waals surface area (Å²) in [5, 5.41) is 2.75. The summed E-state index contributed by atoms with van der Waals surface area (Å²) in [4.78, 5) is 12.0. The summed E-state index contributed by atoms with van der Waals surface area (Å²) in [6, 6.07) is 12.7. The van der Waals surface area contributed by atoms with Crippen LogP contribution in [0.1, 0.15) is 0 Å². The van der Waals surface area contributed by atoms with Crippen molar-refractivity contribution in [2.24, 2.45) is 0 Å². The van der Waals surface area contributed by atoms with Gasteiger partial charge in [0, 0.05) is 9.64 Å². The highest BCUT2D eigenvalue weighted by molar-refractivity contribution is 14.1. The molecule has 0 saturated heterocycles. The van der Waals surface area contributed by atoms with Crippen LogP contribution in [0.2, 0.25) is 0 Å². The van der Waals surface area contributed by atoms with E-state index < -0.39 is 0 Å². The molecule has 1 amide bonds. The van der Waals surface area contributed by atoms with Gasteiger partial charge in [-0.2, -0.15) is 0 Å². The van der Waals surface area contributed by atoms with Crippen molar-refractivity contribution in [3.63, 3.8) is 0 Å². The van der Waals surface area contributed by atoms with E-state index in [9.17, 15) is 4.79 Å². The van der Waals surface area contributed by atoms with Crippen molar-refractivity contribution in [1.82, 2.24) is 0 Å². The van der Waals surface area contributed by atoms with Gasteiger partial charge in [0.2, 0.25) is 0 Å². The van der Waals surface area contributed by atoms with Gasteiger partial charge in [-0.15, -0.1) is 0 Å². The van der Waals surface area contributed by atoms with Crippen LogP contribution in [0.5, 0.6) is 17.2 Å². The van der Waals surface area contributed by atoms with Gasteiger partial charge in [0.1, 0.15) is 17.2 Å². The van der Waals surface area contributed by atoms with Crippen LogP contribution >= 0.6 is 22.6 Å². The number of carbonyl (C=O) groups excluding carboxylic acids is 1. The zero-order valence-corrected chi connectivity index (χ0v) is 14.4. The third-order valence-corrected chi connectivity index (χ3v) is 3.59. The molecule has 0 aromatic heterocycles. The number of methoxy groups -OCH3 is 2. The number of hydrogen-bond acceptors (Lipinski definition) is 4. The van der Waals surface area contributed by atoms with E-state index in [1.54, 1.807) is 25.3 Å². The molecule has 6 heteroatoms. The molecule has 0 radical (unpaired) electrons. The van der Waals surface area contributed by atoms with Gasteiger partial charge in [-0.1, -0.05) is 0 Å². The molecule has 0 fully saturated rings. The molecule has 0 aliphatic rings. The highest BCUT2D eigenvalue weighted by Gasteiger charge is 2.09. The molecular formula is C16H16INO4. The van der Waals surface area contributed by atoms with Crippen molar-refractivity contribution in [1.29, 1.82) is 0 Å². The van der Waals surface area contributed by atoms with Crippen LogP contribution < -0.4 is 19.5 Å². The van der Waals surface area contributed by atoms with Crippen molar-refractivity contribution < 1.29 is 19.0 Å². The topological polar surface area (TPSA) is 56.8 Å². The maximum Gasteiger partial charge on any atom is 0.262 e. The lowest BCUT2D eigenvalue weighted by atomic mass is 10.2. The smallest absolute Gasteiger partial charge is 0.262 e. The SMILES string of the molecule is COc1ccc(NC(=O)COc2ccc(I)cc2)c(OC)c1.